The van der Waals surface area contributed by atoms with Crippen molar-refractivity contribution in [2.24, 2.45) is 0 Å². The highest BCUT2D eigenvalue weighted by Gasteiger charge is 2.11. The minimum Gasteiger partial charge on any atom is -0.455 e. The van der Waals surface area contributed by atoms with Crippen molar-refractivity contribution >= 4 is 41.1 Å². The van der Waals surface area contributed by atoms with E-state index in [0.717, 1.165) is 10.5 Å². The van der Waals surface area contributed by atoms with Crippen molar-refractivity contribution in [3.8, 4) is 0 Å². The molecule has 26 heavy (non-hydrogen) atoms. The molecule has 0 unspecified atom stereocenters. The number of aryl methyl sites for hydroxylation is 1. The molecule has 6 nitrogen and oxygen atoms in total. The monoisotopic (exact) mass is 392 g/mol. The third kappa shape index (κ3) is 6.42. The van der Waals surface area contributed by atoms with E-state index in [-0.39, 0.29) is 5.75 Å². The number of amides is 2. The fourth-order valence-corrected chi connectivity index (χ4v) is 2.83. The fraction of sp³-hybridized carbons (Fsp3) is 0.167. The molecule has 0 saturated carbocycles. The molecule has 2 N–H and O–H groups in total. The Bertz CT molecular complexity index is 796. The van der Waals surface area contributed by atoms with Crippen LogP contribution in [0, 0.1) is 6.92 Å². The quantitative estimate of drug-likeness (QED) is 0.448. The lowest BCUT2D eigenvalue weighted by atomic mass is 10.2. The van der Waals surface area contributed by atoms with Crippen LogP contribution in [0.4, 0.5) is 0 Å². The van der Waals surface area contributed by atoms with Gasteiger partial charge in [0.2, 0.25) is 0 Å². The number of esters is 1. The Morgan fingerprint density at radius 2 is 1.73 bits per heavy atom. The van der Waals surface area contributed by atoms with Crippen LogP contribution in [0.5, 0.6) is 0 Å². The van der Waals surface area contributed by atoms with Crippen LogP contribution in [0.25, 0.3) is 0 Å². The van der Waals surface area contributed by atoms with E-state index in [9.17, 15) is 14.4 Å². The molecule has 0 aliphatic heterocycles. The lowest BCUT2D eigenvalue weighted by molar-refractivity contribution is -0.146. The number of nitrogens with one attached hydrogen (secondary N) is 2. The maximum Gasteiger partial charge on any atom is 0.316 e. The summed E-state index contributed by atoms with van der Waals surface area (Å²) < 4.78 is 4.88. The van der Waals surface area contributed by atoms with Gasteiger partial charge in [-0.2, -0.15) is 0 Å². The lowest BCUT2D eigenvalue weighted by Crippen LogP contribution is -2.43. The molecule has 2 amide bonds. The van der Waals surface area contributed by atoms with E-state index in [1.165, 1.54) is 23.9 Å². The van der Waals surface area contributed by atoms with E-state index < -0.39 is 24.4 Å². The van der Waals surface area contributed by atoms with Crippen LogP contribution in [0.3, 0.4) is 0 Å². The molecule has 0 aliphatic carbocycles. The molecule has 2 rings (SSSR count). The Balaban J connectivity index is 1.68. The molecule has 0 saturated heterocycles. The maximum atomic E-state index is 11.8. The van der Waals surface area contributed by atoms with Crippen molar-refractivity contribution in [3.63, 3.8) is 0 Å². The molecule has 0 fully saturated rings. The number of carbonyl (C=O) groups is 3. The highest BCUT2D eigenvalue weighted by Crippen LogP contribution is 2.21. The van der Waals surface area contributed by atoms with Gasteiger partial charge in [-0.05, 0) is 42.8 Å². The van der Waals surface area contributed by atoms with Crippen LogP contribution >= 0.6 is 23.4 Å². The van der Waals surface area contributed by atoms with Crippen LogP contribution in [-0.4, -0.2) is 30.1 Å². The molecule has 2 aromatic rings. The molecule has 0 spiro atoms. The summed E-state index contributed by atoms with van der Waals surface area (Å²) in [6.45, 7) is 1.47. The molecule has 8 heteroatoms. The number of ether oxygens (including phenoxy) is 1. The second-order valence-corrected chi connectivity index (χ2v) is 6.68. The molecule has 0 radical (unpaired) electrons. The zero-order valence-corrected chi connectivity index (χ0v) is 15.5. The summed E-state index contributed by atoms with van der Waals surface area (Å²) in [6, 6.07) is 13.8. The normalized spacial score (nSPS) is 10.1. The minimum absolute atomic E-state index is 0.0925. The number of thioether (sulfide) groups is 1. The predicted octanol–water partition coefficient (Wildman–Crippen LogP) is 2.74. The van der Waals surface area contributed by atoms with Crippen molar-refractivity contribution in [2.45, 2.75) is 11.8 Å². The predicted molar refractivity (Wildman–Crippen MR) is 99.9 cm³/mol. The third-order valence-corrected chi connectivity index (χ3v) is 4.63. The molecular weight excluding hydrogens is 376 g/mol. The summed E-state index contributed by atoms with van der Waals surface area (Å²) in [7, 11) is 0. The van der Waals surface area contributed by atoms with Gasteiger partial charge >= 0.3 is 5.97 Å². The van der Waals surface area contributed by atoms with Crippen LogP contribution in [-0.2, 0) is 14.3 Å². The van der Waals surface area contributed by atoms with Crippen LogP contribution in [0.1, 0.15) is 15.9 Å². The van der Waals surface area contributed by atoms with Gasteiger partial charge in [0.15, 0.2) is 6.61 Å². The molecule has 0 bridgehead atoms. The van der Waals surface area contributed by atoms with Crippen molar-refractivity contribution in [3.05, 3.63) is 64.7 Å². The van der Waals surface area contributed by atoms with E-state index >= 15 is 0 Å². The number of hydrazine groups is 1. The lowest BCUT2D eigenvalue weighted by Gasteiger charge is -2.08. The summed E-state index contributed by atoms with van der Waals surface area (Å²) >= 11 is 7.07. The average molecular weight is 393 g/mol. The molecule has 0 aromatic heterocycles. The Morgan fingerprint density at radius 1 is 1.04 bits per heavy atom. The molecule has 136 valence electrons. The van der Waals surface area contributed by atoms with Crippen molar-refractivity contribution in [1.82, 2.24) is 10.9 Å². The number of hydrogen-bond donors (Lipinski definition) is 2. The fourth-order valence-electron chi connectivity index (χ4n) is 1.88. The highest BCUT2D eigenvalue weighted by molar-refractivity contribution is 8.00. The van der Waals surface area contributed by atoms with E-state index in [4.69, 9.17) is 16.3 Å². The number of hydrogen-bond acceptors (Lipinski definition) is 5. The summed E-state index contributed by atoms with van der Waals surface area (Å²) in [6.07, 6.45) is 0. The Kier molecular flexibility index (Phi) is 7.50. The SMILES string of the molecule is Cc1ccccc1SCC(=O)OCC(=O)NNC(=O)c1ccc(Cl)cc1. The second-order valence-electron chi connectivity index (χ2n) is 5.22. The topological polar surface area (TPSA) is 84.5 Å². The first kappa shape index (κ1) is 19.8. The maximum absolute atomic E-state index is 11.8. The average Bonchev–Trinajstić information content (AvgIpc) is 2.64. The standard InChI is InChI=1S/C18H17ClN2O4S/c1-12-4-2-3-5-15(12)26-11-17(23)25-10-16(22)20-21-18(24)13-6-8-14(19)9-7-13/h2-9H,10-11H2,1H3,(H,20,22)(H,21,24). The van der Waals surface area contributed by atoms with Gasteiger partial charge in [-0.1, -0.05) is 29.8 Å². The Morgan fingerprint density at radius 3 is 2.42 bits per heavy atom. The van der Waals surface area contributed by atoms with Gasteiger partial charge in [-0.3, -0.25) is 25.2 Å². The van der Waals surface area contributed by atoms with Gasteiger partial charge in [-0.15, -0.1) is 11.8 Å². The van der Waals surface area contributed by atoms with E-state index in [1.807, 2.05) is 31.2 Å². The van der Waals surface area contributed by atoms with Crippen LogP contribution in [0.15, 0.2) is 53.4 Å². The third-order valence-electron chi connectivity index (χ3n) is 3.23. The number of rotatable bonds is 6. The van der Waals surface area contributed by atoms with Gasteiger partial charge in [0.1, 0.15) is 0 Å². The first-order valence-corrected chi connectivity index (χ1v) is 9.01. The number of halogens is 1. The minimum atomic E-state index is -0.637. The molecule has 0 aliphatic rings. The largest absolute Gasteiger partial charge is 0.455 e. The van der Waals surface area contributed by atoms with Crippen molar-refractivity contribution in [2.75, 3.05) is 12.4 Å². The summed E-state index contributed by atoms with van der Waals surface area (Å²) in [5.74, 6) is -1.56. The van der Waals surface area contributed by atoms with Gasteiger partial charge in [0.05, 0.1) is 5.75 Å². The zero-order valence-electron chi connectivity index (χ0n) is 14.0. The van der Waals surface area contributed by atoms with Crippen LogP contribution < -0.4 is 10.9 Å². The molecular formula is C18H17ClN2O4S. The van der Waals surface area contributed by atoms with Gasteiger partial charge < -0.3 is 4.74 Å². The summed E-state index contributed by atoms with van der Waals surface area (Å²) in [5.41, 5.74) is 5.80. The van der Waals surface area contributed by atoms with Gasteiger partial charge in [0, 0.05) is 15.5 Å². The number of carbonyl (C=O) groups excluding carboxylic acids is 3. The van der Waals surface area contributed by atoms with Gasteiger partial charge in [-0.25, -0.2) is 0 Å². The molecule has 0 heterocycles. The van der Waals surface area contributed by atoms with Crippen molar-refractivity contribution in [1.29, 1.82) is 0 Å². The summed E-state index contributed by atoms with van der Waals surface area (Å²) in [5, 5.41) is 0.501. The van der Waals surface area contributed by atoms with Crippen molar-refractivity contribution < 1.29 is 19.1 Å². The Hall–Kier alpha value is -2.51. The van der Waals surface area contributed by atoms with Gasteiger partial charge in [0.25, 0.3) is 11.8 Å². The Labute approximate surface area is 160 Å². The first-order valence-electron chi connectivity index (χ1n) is 7.64. The second kappa shape index (κ2) is 9.84. The number of benzene rings is 2. The molecule has 2 aromatic carbocycles. The zero-order chi connectivity index (χ0) is 18.9. The van der Waals surface area contributed by atoms with E-state index in [1.54, 1.807) is 12.1 Å². The smallest absolute Gasteiger partial charge is 0.316 e. The first-order chi connectivity index (χ1) is 12.5. The highest BCUT2D eigenvalue weighted by atomic mass is 35.5. The van der Waals surface area contributed by atoms with E-state index in [2.05, 4.69) is 10.9 Å². The van der Waals surface area contributed by atoms with E-state index in [0.29, 0.717) is 10.6 Å². The summed E-state index contributed by atoms with van der Waals surface area (Å²) in [4.78, 5) is 36.1. The van der Waals surface area contributed by atoms with Crippen LogP contribution in [0.2, 0.25) is 5.02 Å². The molecule has 0 atom stereocenters.